The zero-order valence-corrected chi connectivity index (χ0v) is 15.7. The van der Waals surface area contributed by atoms with E-state index in [1.165, 1.54) is 0 Å². The predicted octanol–water partition coefficient (Wildman–Crippen LogP) is 3.15. The highest BCUT2D eigenvalue weighted by Gasteiger charge is 2.19. The van der Waals surface area contributed by atoms with E-state index in [4.69, 9.17) is 9.15 Å². The van der Waals surface area contributed by atoms with Crippen molar-refractivity contribution in [1.82, 2.24) is 10.3 Å². The maximum Gasteiger partial charge on any atom is 0.339 e. The summed E-state index contributed by atoms with van der Waals surface area (Å²) in [5.74, 6) is 0.270. The first kappa shape index (κ1) is 18.2. The molecule has 1 aliphatic carbocycles. The number of carbonyl (C=O) groups excluding carboxylic acids is 1. The lowest BCUT2D eigenvalue weighted by Gasteiger charge is -2.17. The van der Waals surface area contributed by atoms with E-state index in [0.29, 0.717) is 17.9 Å². The van der Waals surface area contributed by atoms with Gasteiger partial charge in [-0.25, -0.2) is 4.79 Å². The van der Waals surface area contributed by atoms with Crippen molar-refractivity contribution in [3.05, 3.63) is 69.8 Å². The fraction of sp³-hybridized carbons (Fsp3) is 0.318. The van der Waals surface area contributed by atoms with Crippen LogP contribution in [0.5, 0.6) is 5.75 Å². The van der Waals surface area contributed by atoms with Crippen LogP contribution in [-0.2, 0) is 24.2 Å². The number of amides is 1. The van der Waals surface area contributed by atoms with Crippen molar-refractivity contribution in [3.8, 4) is 5.75 Å². The molecule has 28 heavy (non-hydrogen) atoms. The minimum Gasteiger partial charge on any atom is -0.481 e. The molecule has 1 aromatic carbocycles. The SMILES string of the molecule is C[C@H](Oc1ccc2c3c(c(=O)oc2c1)CCCC3)C(=O)NCc1cccnc1. The van der Waals surface area contributed by atoms with Crippen LogP contribution in [0.15, 0.2) is 51.9 Å². The number of rotatable bonds is 5. The molecule has 0 fully saturated rings. The lowest BCUT2D eigenvalue weighted by molar-refractivity contribution is -0.127. The Kier molecular flexibility index (Phi) is 5.10. The molecule has 0 spiro atoms. The molecule has 1 N–H and O–H groups in total. The molecule has 1 atom stereocenters. The summed E-state index contributed by atoms with van der Waals surface area (Å²) in [6.07, 6.45) is 6.49. The first-order chi connectivity index (χ1) is 13.6. The van der Waals surface area contributed by atoms with Gasteiger partial charge in [0.25, 0.3) is 5.91 Å². The molecular formula is C22H22N2O4. The molecular weight excluding hydrogens is 356 g/mol. The highest BCUT2D eigenvalue weighted by atomic mass is 16.5. The second kappa shape index (κ2) is 7.84. The van der Waals surface area contributed by atoms with Crippen LogP contribution in [0.1, 0.15) is 36.5 Å². The molecule has 1 aliphatic rings. The topological polar surface area (TPSA) is 81.4 Å². The number of pyridine rings is 1. The smallest absolute Gasteiger partial charge is 0.339 e. The average Bonchev–Trinajstić information content (AvgIpc) is 2.73. The zero-order chi connectivity index (χ0) is 19.5. The number of aromatic nitrogens is 1. The molecule has 4 rings (SSSR count). The summed E-state index contributed by atoms with van der Waals surface area (Å²) in [7, 11) is 0. The summed E-state index contributed by atoms with van der Waals surface area (Å²) in [6.45, 7) is 2.07. The van der Waals surface area contributed by atoms with Gasteiger partial charge in [0, 0.05) is 36.0 Å². The highest BCUT2D eigenvalue weighted by molar-refractivity contribution is 5.83. The molecule has 0 unspecified atom stereocenters. The first-order valence-corrected chi connectivity index (χ1v) is 9.54. The van der Waals surface area contributed by atoms with Gasteiger partial charge in [-0.1, -0.05) is 6.07 Å². The van der Waals surface area contributed by atoms with Crippen molar-refractivity contribution in [1.29, 1.82) is 0 Å². The van der Waals surface area contributed by atoms with Gasteiger partial charge in [0.2, 0.25) is 0 Å². The maximum absolute atomic E-state index is 12.3. The lowest BCUT2D eigenvalue weighted by atomic mass is 9.91. The van der Waals surface area contributed by atoms with Crippen LogP contribution in [0.2, 0.25) is 0 Å². The lowest BCUT2D eigenvalue weighted by Crippen LogP contribution is -2.35. The average molecular weight is 378 g/mol. The molecule has 6 heteroatoms. The van der Waals surface area contributed by atoms with E-state index in [-0.39, 0.29) is 11.5 Å². The third-order valence-electron chi connectivity index (χ3n) is 5.07. The van der Waals surface area contributed by atoms with Gasteiger partial charge in [0.15, 0.2) is 6.10 Å². The Morgan fingerprint density at radius 2 is 2.07 bits per heavy atom. The van der Waals surface area contributed by atoms with E-state index in [1.54, 1.807) is 25.4 Å². The number of aryl methyl sites for hydroxylation is 1. The van der Waals surface area contributed by atoms with Gasteiger partial charge in [0.05, 0.1) is 0 Å². The monoisotopic (exact) mass is 378 g/mol. The number of nitrogens with zero attached hydrogens (tertiary/aromatic N) is 1. The quantitative estimate of drug-likeness (QED) is 0.690. The van der Waals surface area contributed by atoms with E-state index in [1.807, 2.05) is 24.3 Å². The van der Waals surface area contributed by atoms with Gasteiger partial charge in [0.1, 0.15) is 11.3 Å². The molecule has 0 radical (unpaired) electrons. The van der Waals surface area contributed by atoms with Gasteiger partial charge >= 0.3 is 5.63 Å². The van der Waals surface area contributed by atoms with Crippen LogP contribution in [0, 0.1) is 0 Å². The number of ether oxygens (including phenoxy) is 1. The van der Waals surface area contributed by atoms with Gasteiger partial charge in [-0.15, -0.1) is 0 Å². The standard InChI is InChI=1S/C22H22N2O4/c1-14(21(25)24-13-15-5-4-10-23-12-15)27-16-8-9-18-17-6-2-3-7-19(17)22(26)28-20(18)11-16/h4-5,8-12,14H,2-3,6-7,13H2,1H3,(H,24,25)/t14-/m0/s1. The van der Waals surface area contributed by atoms with Crippen LogP contribution < -0.4 is 15.7 Å². The van der Waals surface area contributed by atoms with E-state index in [0.717, 1.165) is 47.8 Å². The Labute approximate surface area is 162 Å². The minimum absolute atomic E-state index is 0.226. The van der Waals surface area contributed by atoms with E-state index in [9.17, 15) is 9.59 Å². The van der Waals surface area contributed by atoms with E-state index >= 15 is 0 Å². The van der Waals surface area contributed by atoms with Crippen LogP contribution in [-0.4, -0.2) is 17.0 Å². The van der Waals surface area contributed by atoms with Crippen LogP contribution >= 0.6 is 0 Å². The first-order valence-electron chi connectivity index (χ1n) is 9.54. The van der Waals surface area contributed by atoms with Crippen molar-refractivity contribution in [3.63, 3.8) is 0 Å². The molecule has 0 aliphatic heterocycles. The summed E-state index contributed by atoms with van der Waals surface area (Å²) in [4.78, 5) is 28.6. The third-order valence-corrected chi connectivity index (χ3v) is 5.07. The molecule has 3 aromatic rings. The highest BCUT2D eigenvalue weighted by Crippen LogP contribution is 2.29. The van der Waals surface area contributed by atoms with Crippen LogP contribution in [0.25, 0.3) is 11.0 Å². The van der Waals surface area contributed by atoms with Crippen molar-refractivity contribution >= 4 is 16.9 Å². The second-order valence-electron chi connectivity index (χ2n) is 7.05. The van der Waals surface area contributed by atoms with Crippen molar-refractivity contribution in [2.75, 3.05) is 0 Å². The number of nitrogens with one attached hydrogen (secondary N) is 1. The van der Waals surface area contributed by atoms with Crippen LogP contribution in [0.4, 0.5) is 0 Å². The zero-order valence-electron chi connectivity index (χ0n) is 15.7. The molecule has 0 saturated heterocycles. The third kappa shape index (κ3) is 3.76. The largest absolute Gasteiger partial charge is 0.481 e. The number of benzene rings is 1. The van der Waals surface area contributed by atoms with E-state index < -0.39 is 6.10 Å². The number of hydrogen-bond acceptors (Lipinski definition) is 5. The number of fused-ring (bicyclic) bond motifs is 3. The molecule has 2 heterocycles. The fourth-order valence-electron chi connectivity index (χ4n) is 3.59. The van der Waals surface area contributed by atoms with Gasteiger partial charge in [-0.05, 0) is 61.9 Å². The molecule has 1 amide bonds. The Balaban J connectivity index is 1.48. The van der Waals surface area contributed by atoms with Crippen molar-refractivity contribution < 1.29 is 13.9 Å². The van der Waals surface area contributed by atoms with Crippen molar-refractivity contribution in [2.24, 2.45) is 0 Å². The summed E-state index contributed by atoms with van der Waals surface area (Å²) >= 11 is 0. The second-order valence-corrected chi connectivity index (χ2v) is 7.05. The van der Waals surface area contributed by atoms with Crippen LogP contribution in [0.3, 0.4) is 0 Å². The number of hydrogen-bond donors (Lipinski definition) is 1. The molecule has 2 aromatic heterocycles. The minimum atomic E-state index is -0.682. The fourth-order valence-corrected chi connectivity index (χ4v) is 3.59. The Hall–Kier alpha value is -3.15. The number of carbonyl (C=O) groups is 1. The summed E-state index contributed by atoms with van der Waals surface area (Å²) < 4.78 is 11.3. The normalized spacial score (nSPS) is 14.3. The Bertz CT molecular complexity index is 1060. The summed E-state index contributed by atoms with van der Waals surface area (Å²) in [5, 5.41) is 3.78. The van der Waals surface area contributed by atoms with Gasteiger partial charge in [-0.3, -0.25) is 9.78 Å². The Morgan fingerprint density at radius 3 is 2.86 bits per heavy atom. The molecule has 0 saturated carbocycles. The summed E-state index contributed by atoms with van der Waals surface area (Å²) in [5.41, 5.74) is 3.05. The van der Waals surface area contributed by atoms with E-state index in [2.05, 4.69) is 10.3 Å². The van der Waals surface area contributed by atoms with Gasteiger partial charge in [-0.2, -0.15) is 0 Å². The maximum atomic E-state index is 12.3. The molecule has 144 valence electrons. The molecule has 6 nitrogen and oxygen atoms in total. The van der Waals surface area contributed by atoms with Gasteiger partial charge < -0.3 is 14.5 Å². The molecule has 0 bridgehead atoms. The Morgan fingerprint density at radius 1 is 1.25 bits per heavy atom. The van der Waals surface area contributed by atoms with Crippen molar-refractivity contribution in [2.45, 2.75) is 45.3 Å². The predicted molar refractivity (Wildman–Crippen MR) is 105 cm³/mol. The summed E-state index contributed by atoms with van der Waals surface area (Å²) in [6, 6.07) is 9.14.